The number of ether oxygens (including phenoxy) is 1. The van der Waals surface area contributed by atoms with Crippen LogP contribution in [0.2, 0.25) is 0 Å². The molecular formula is C20H13NO3. The van der Waals surface area contributed by atoms with E-state index in [1.807, 2.05) is 54.6 Å². The van der Waals surface area contributed by atoms with Gasteiger partial charge in [-0.05, 0) is 29.8 Å². The molecule has 0 spiro atoms. The highest BCUT2D eigenvalue weighted by molar-refractivity contribution is 5.88. The summed E-state index contributed by atoms with van der Waals surface area (Å²) in [4.78, 5) is 11.0. The van der Waals surface area contributed by atoms with Gasteiger partial charge in [-0.3, -0.25) is 10.1 Å². The summed E-state index contributed by atoms with van der Waals surface area (Å²) in [6, 6.07) is 20.1. The summed E-state index contributed by atoms with van der Waals surface area (Å²) in [5, 5.41) is 11.4. The average Bonchev–Trinajstić information content (AvgIpc) is 2.80. The number of nitrogens with zero attached hydrogens (tertiary/aromatic N) is 1. The largest absolute Gasteiger partial charge is 0.456 e. The third kappa shape index (κ3) is 2.34. The van der Waals surface area contributed by atoms with Crippen molar-refractivity contribution >= 4 is 17.8 Å². The van der Waals surface area contributed by atoms with Gasteiger partial charge >= 0.3 is 0 Å². The summed E-state index contributed by atoms with van der Waals surface area (Å²) >= 11 is 0. The van der Waals surface area contributed by atoms with E-state index in [9.17, 15) is 10.1 Å². The minimum Gasteiger partial charge on any atom is -0.456 e. The molecule has 4 heteroatoms. The normalized spacial score (nSPS) is 11.8. The van der Waals surface area contributed by atoms with Crippen molar-refractivity contribution in [3.8, 4) is 22.6 Å². The van der Waals surface area contributed by atoms with Crippen molar-refractivity contribution in [3.63, 3.8) is 0 Å². The van der Waals surface area contributed by atoms with Gasteiger partial charge in [0.05, 0.1) is 10.5 Å². The topological polar surface area (TPSA) is 52.4 Å². The Morgan fingerprint density at radius 2 is 1.46 bits per heavy atom. The number of rotatable bonds is 2. The van der Waals surface area contributed by atoms with Gasteiger partial charge in [-0.25, -0.2) is 0 Å². The fraction of sp³-hybridized carbons (Fsp3) is 0. The molecular weight excluding hydrogens is 302 g/mol. The van der Waals surface area contributed by atoms with Crippen LogP contribution >= 0.6 is 0 Å². The zero-order chi connectivity index (χ0) is 16.5. The summed E-state index contributed by atoms with van der Waals surface area (Å²) < 4.78 is 6.03. The number of fused-ring (bicyclic) bond motifs is 2. The zero-order valence-corrected chi connectivity index (χ0v) is 12.7. The van der Waals surface area contributed by atoms with Crippen LogP contribution in [-0.4, -0.2) is 4.92 Å². The SMILES string of the molecule is O=[N+]([O-])c1ccccc1-c1cccc2c1C=Cc1ccccc1O2. The Bertz CT molecular complexity index is 976. The van der Waals surface area contributed by atoms with Crippen LogP contribution in [0.1, 0.15) is 11.1 Å². The van der Waals surface area contributed by atoms with Crippen LogP contribution in [0.4, 0.5) is 5.69 Å². The van der Waals surface area contributed by atoms with Gasteiger partial charge in [0.15, 0.2) is 0 Å². The second kappa shape index (κ2) is 5.66. The van der Waals surface area contributed by atoms with Gasteiger partial charge in [0.1, 0.15) is 11.5 Å². The molecule has 0 saturated carbocycles. The van der Waals surface area contributed by atoms with E-state index >= 15 is 0 Å². The highest BCUT2D eigenvalue weighted by atomic mass is 16.6. The molecule has 0 N–H and O–H groups in total. The third-order valence-electron chi connectivity index (χ3n) is 4.03. The molecule has 0 aromatic heterocycles. The summed E-state index contributed by atoms with van der Waals surface area (Å²) in [5.74, 6) is 1.46. The van der Waals surface area contributed by atoms with E-state index < -0.39 is 0 Å². The Morgan fingerprint density at radius 1 is 0.750 bits per heavy atom. The molecule has 0 radical (unpaired) electrons. The Kier molecular flexibility index (Phi) is 3.35. The van der Waals surface area contributed by atoms with Gasteiger partial charge in [0.2, 0.25) is 0 Å². The summed E-state index contributed by atoms with van der Waals surface area (Å²) in [5.41, 5.74) is 3.26. The molecule has 3 aromatic rings. The minimum absolute atomic E-state index is 0.0843. The lowest BCUT2D eigenvalue weighted by atomic mass is 9.97. The Hall–Kier alpha value is -3.40. The van der Waals surface area contributed by atoms with Gasteiger partial charge in [0.25, 0.3) is 5.69 Å². The molecule has 24 heavy (non-hydrogen) atoms. The van der Waals surface area contributed by atoms with E-state index in [2.05, 4.69) is 0 Å². The number of benzene rings is 3. The lowest BCUT2D eigenvalue weighted by Gasteiger charge is -2.12. The molecule has 0 saturated heterocycles. The van der Waals surface area contributed by atoms with Gasteiger partial charge in [-0.15, -0.1) is 0 Å². The highest BCUT2D eigenvalue weighted by Crippen LogP contribution is 2.41. The maximum atomic E-state index is 11.4. The molecule has 0 amide bonds. The number of para-hydroxylation sites is 2. The lowest BCUT2D eigenvalue weighted by molar-refractivity contribution is -0.384. The molecule has 3 aromatic carbocycles. The van der Waals surface area contributed by atoms with Crippen molar-refractivity contribution in [1.29, 1.82) is 0 Å². The molecule has 0 unspecified atom stereocenters. The monoisotopic (exact) mass is 315 g/mol. The first-order valence-electron chi connectivity index (χ1n) is 7.56. The zero-order valence-electron chi connectivity index (χ0n) is 12.7. The van der Waals surface area contributed by atoms with Crippen LogP contribution < -0.4 is 4.74 Å². The van der Waals surface area contributed by atoms with E-state index in [0.717, 1.165) is 22.4 Å². The number of hydrogen-bond acceptors (Lipinski definition) is 3. The van der Waals surface area contributed by atoms with Crippen molar-refractivity contribution in [2.45, 2.75) is 0 Å². The minimum atomic E-state index is -0.356. The van der Waals surface area contributed by atoms with Crippen LogP contribution in [0.5, 0.6) is 11.5 Å². The fourth-order valence-corrected chi connectivity index (χ4v) is 2.90. The van der Waals surface area contributed by atoms with E-state index in [1.165, 1.54) is 6.07 Å². The first-order valence-corrected chi connectivity index (χ1v) is 7.56. The molecule has 1 aliphatic rings. The molecule has 0 atom stereocenters. The maximum Gasteiger partial charge on any atom is 0.277 e. The van der Waals surface area contributed by atoms with Crippen molar-refractivity contribution in [3.05, 3.63) is 88.0 Å². The molecule has 1 aliphatic heterocycles. The van der Waals surface area contributed by atoms with Crippen LogP contribution in [0.3, 0.4) is 0 Å². The van der Waals surface area contributed by atoms with E-state index in [0.29, 0.717) is 11.3 Å². The fourth-order valence-electron chi connectivity index (χ4n) is 2.90. The van der Waals surface area contributed by atoms with E-state index in [1.54, 1.807) is 18.2 Å². The van der Waals surface area contributed by atoms with Crippen molar-refractivity contribution in [2.75, 3.05) is 0 Å². The van der Waals surface area contributed by atoms with Gasteiger partial charge in [-0.1, -0.05) is 48.5 Å². The standard InChI is InChI=1S/C20H13NO3/c22-21(23)18-9-3-2-7-16(18)15-8-5-11-20-17(15)13-12-14-6-1-4-10-19(14)24-20/h1-13H. The molecule has 0 aliphatic carbocycles. The van der Waals surface area contributed by atoms with Gasteiger partial charge < -0.3 is 4.74 Å². The number of nitro groups is 1. The molecule has 4 rings (SSSR count). The molecule has 116 valence electrons. The predicted molar refractivity (Wildman–Crippen MR) is 94.0 cm³/mol. The van der Waals surface area contributed by atoms with E-state index in [4.69, 9.17) is 4.74 Å². The second-order valence-corrected chi connectivity index (χ2v) is 5.46. The molecule has 4 nitrogen and oxygen atoms in total. The number of nitro benzene ring substituents is 1. The molecule has 0 bridgehead atoms. The Morgan fingerprint density at radius 3 is 2.33 bits per heavy atom. The van der Waals surface area contributed by atoms with Crippen LogP contribution in [-0.2, 0) is 0 Å². The third-order valence-corrected chi connectivity index (χ3v) is 4.03. The van der Waals surface area contributed by atoms with Crippen molar-refractivity contribution in [1.82, 2.24) is 0 Å². The Labute approximate surface area is 138 Å². The van der Waals surface area contributed by atoms with E-state index in [-0.39, 0.29) is 10.6 Å². The summed E-state index contributed by atoms with van der Waals surface area (Å²) in [6.45, 7) is 0. The van der Waals surface area contributed by atoms with Crippen molar-refractivity contribution < 1.29 is 9.66 Å². The number of hydrogen-bond donors (Lipinski definition) is 0. The highest BCUT2D eigenvalue weighted by Gasteiger charge is 2.20. The molecule has 0 fully saturated rings. The quantitative estimate of drug-likeness (QED) is 0.360. The maximum absolute atomic E-state index is 11.4. The first-order chi connectivity index (χ1) is 11.7. The smallest absolute Gasteiger partial charge is 0.277 e. The van der Waals surface area contributed by atoms with Crippen LogP contribution in [0.15, 0.2) is 66.7 Å². The predicted octanol–water partition coefficient (Wildman–Crippen LogP) is 5.54. The Balaban J connectivity index is 1.93. The van der Waals surface area contributed by atoms with Crippen molar-refractivity contribution in [2.24, 2.45) is 0 Å². The molecule has 1 heterocycles. The van der Waals surface area contributed by atoms with Crippen LogP contribution in [0, 0.1) is 10.1 Å². The average molecular weight is 315 g/mol. The summed E-state index contributed by atoms with van der Waals surface area (Å²) in [6.07, 6.45) is 3.92. The first kappa shape index (κ1) is 14.2. The van der Waals surface area contributed by atoms with Gasteiger partial charge in [-0.2, -0.15) is 0 Å². The lowest BCUT2D eigenvalue weighted by Crippen LogP contribution is -1.94. The summed E-state index contributed by atoms with van der Waals surface area (Å²) in [7, 11) is 0. The second-order valence-electron chi connectivity index (χ2n) is 5.46. The van der Waals surface area contributed by atoms with Gasteiger partial charge in [0, 0.05) is 17.2 Å². The van der Waals surface area contributed by atoms with Crippen LogP contribution in [0.25, 0.3) is 23.3 Å².